The van der Waals surface area contributed by atoms with Gasteiger partial charge in [-0.25, -0.2) is 5.84 Å². The van der Waals surface area contributed by atoms with Gasteiger partial charge in [0, 0.05) is 11.5 Å². The first kappa shape index (κ1) is 8.07. The molecule has 3 N–H and O–H groups in total. The SMILES string of the molecule is CC(C)(C)c1cc(NN)no1. The molecule has 0 unspecified atom stereocenters. The molecule has 0 fully saturated rings. The quantitative estimate of drug-likeness (QED) is 0.473. The third-order valence-corrected chi connectivity index (χ3v) is 1.40. The Balaban J connectivity index is 2.89. The summed E-state index contributed by atoms with van der Waals surface area (Å²) in [5, 5.41) is 3.69. The van der Waals surface area contributed by atoms with Crippen LogP contribution in [-0.4, -0.2) is 5.16 Å². The van der Waals surface area contributed by atoms with E-state index < -0.39 is 0 Å². The number of nitrogen functional groups attached to an aromatic ring is 1. The predicted octanol–water partition coefficient (Wildman–Crippen LogP) is 1.26. The van der Waals surface area contributed by atoms with Gasteiger partial charge in [0.25, 0.3) is 0 Å². The van der Waals surface area contributed by atoms with Crippen LogP contribution in [0.3, 0.4) is 0 Å². The Labute approximate surface area is 65.7 Å². The first-order valence-electron chi connectivity index (χ1n) is 3.48. The highest BCUT2D eigenvalue weighted by Crippen LogP contribution is 2.23. The van der Waals surface area contributed by atoms with Gasteiger partial charge in [0.2, 0.25) is 0 Å². The second-order valence-corrected chi connectivity index (χ2v) is 3.47. The fourth-order valence-corrected chi connectivity index (χ4v) is 0.697. The molecule has 0 amide bonds. The number of anilines is 1. The molecule has 0 radical (unpaired) electrons. The highest BCUT2D eigenvalue weighted by Gasteiger charge is 2.19. The number of nitrogens with two attached hydrogens (primary N) is 1. The second kappa shape index (κ2) is 2.54. The van der Waals surface area contributed by atoms with Gasteiger partial charge in [-0.1, -0.05) is 25.9 Å². The minimum absolute atomic E-state index is 0.0118. The van der Waals surface area contributed by atoms with Gasteiger partial charge in [-0.3, -0.25) is 0 Å². The summed E-state index contributed by atoms with van der Waals surface area (Å²) in [7, 11) is 0. The molecule has 0 atom stereocenters. The minimum Gasteiger partial charge on any atom is -0.359 e. The maximum absolute atomic E-state index is 5.13. The van der Waals surface area contributed by atoms with Crippen LogP contribution < -0.4 is 11.3 Å². The number of nitrogens with zero attached hydrogens (tertiary/aromatic N) is 1. The number of aromatic nitrogens is 1. The van der Waals surface area contributed by atoms with E-state index in [1.807, 2.05) is 20.8 Å². The highest BCUT2D eigenvalue weighted by molar-refractivity contribution is 5.33. The zero-order valence-corrected chi connectivity index (χ0v) is 7.01. The Kier molecular flexibility index (Phi) is 1.87. The van der Waals surface area contributed by atoms with Crippen molar-refractivity contribution in [2.75, 3.05) is 5.43 Å². The molecule has 4 nitrogen and oxygen atoms in total. The van der Waals surface area contributed by atoms with E-state index in [0.717, 1.165) is 5.76 Å². The largest absolute Gasteiger partial charge is 0.359 e. The fraction of sp³-hybridized carbons (Fsp3) is 0.571. The van der Waals surface area contributed by atoms with Crippen molar-refractivity contribution in [2.24, 2.45) is 5.84 Å². The van der Waals surface area contributed by atoms with Crippen molar-refractivity contribution < 1.29 is 4.52 Å². The second-order valence-electron chi connectivity index (χ2n) is 3.47. The lowest BCUT2D eigenvalue weighted by Gasteiger charge is -2.11. The molecule has 1 aromatic rings. The Morgan fingerprint density at radius 3 is 2.45 bits per heavy atom. The van der Waals surface area contributed by atoms with E-state index in [2.05, 4.69) is 10.6 Å². The lowest BCUT2D eigenvalue weighted by Crippen LogP contribution is -2.09. The van der Waals surface area contributed by atoms with Gasteiger partial charge >= 0.3 is 0 Å². The summed E-state index contributed by atoms with van der Waals surface area (Å²) >= 11 is 0. The van der Waals surface area contributed by atoms with Crippen LogP contribution in [0.15, 0.2) is 10.6 Å². The fourth-order valence-electron chi connectivity index (χ4n) is 0.697. The Bertz CT molecular complexity index is 236. The van der Waals surface area contributed by atoms with Crippen molar-refractivity contribution in [3.63, 3.8) is 0 Å². The van der Waals surface area contributed by atoms with E-state index in [-0.39, 0.29) is 5.41 Å². The summed E-state index contributed by atoms with van der Waals surface area (Å²) in [6, 6.07) is 1.79. The van der Waals surface area contributed by atoms with Crippen molar-refractivity contribution in [2.45, 2.75) is 26.2 Å². The van der Waals surface area contributed by atoms with E-state index in [0.29, 0.717) is 5.82 Å². The maximum atomic E-state index is 5.13. The molecule has 0 saturated heterocycles. The smallest absolute Gasteiger partial charge is 0.183 e. The van der Waals surface area contributed by atoms with E-state index in [1.165, 1.54) is 0 Å². The molecule has 0 saturated carbocycles. The number of nitrogens with one attached hydrogen (secondary N) is 1. The van der Waals surface area contributed by atoms with Crippen molar-refractivity contribution in [3.05, 3.63) is 11.8 Å². The van der Waals surface area contributed by atoms with Gasteiger partial charge in [0.1, 0.15) is 5.76 Å². The number of hydrogen-bond acceptors (Lipinski definition) is 4. The van der Waals surface area contributed by atoms with Crippen molar-refractivity contribution in [3.8, 4) is 0 Å². The summed E-state index contributed by atoms with van der Waals surface area (Å²) in [6.45, 7) is 6.15. The number of hydrazine groups is 1. The van der Waals surface area contributed by atoms with Crippen molar-refractivity contribution in [1.82, 2.24) is 5.16 Å². The molecule has 0 spiro atoms. The van der Waals surface area contributed by atoms with Gasteiger partial charge in [-0.2, -0.15) is 0 Å². The van der Waals surface area contributed by atoms with Gasteiger partial charge in [-0.15, -0.1) is 0 Å². The summed E-state index contributed by atoms with van der Waals surface area (Å²) in [4.78, 5) is 0. The molecular formula is C7H13N3O. The normalized spacial score (nSPS) is 11.6. The number of rotatable bonds is 1. The van der Waals surface area contributed by atoms with Crippen molar-refractivity contribution >= 4 is 5.82 Å². The van der Waals surface area contributed by atoms with Gasteiger partial charge < -0.3 is 9.95 Å². The van der Waals surface area contributed by atoms with Gasteiger partial charge in [0.05, 0.1) is 0 Å². The van der Waals surface area contributed by atoms with Crippen LogP contribution in [0.1, 0.15) is 26.5 Å². The highest BCUT2D eigenvalue weighted by atomic mass is 16.5. The molecule has 1 aromatic heterocycles. The number of hydrogen-bond donors (Lipinski definition) is 2. The van der Waals surface area contributed by atoms with Crippen LogP contribution in [0.4, 0.5) is 5.82 Å². The molecule has 0 aliphatic carbocycles. The van der Waals surface area contributed by atoms with Gasteiger partial charge in [0.15, 0.2) is 5.82 Å². The lowest BCUT2D eigenvalue weighted by atomic mass is 9.93. The summed E-state index contributed by atoms with van der Waals surface area (Å²) in [5.74, 6) is 6.52. The van der Waals surface area contributed by atoms with E-state index in [9.17, 15) is 0 Å². The van der Waals surface area contributed by atoms with Crippen LogP contribution in [0.5, 0.6) is 0 Å². The molecule has 4 heteroatoms. The molecule has 1 rings (SSSR count). The zero-order chi connectivity index (χ0) is 8.48. The summed E-state index contributed by atoms with van der Waals surface area (Å²) < 4.78 is 5.03. The molecule has 11 heavy (non-hydrogen) atoms. The average Bonchev–Trinajstić information content (AvgIpc) is 2.32. The van der Waals surface area contributed by atoms with Crippen molar-refractivity contribution in [1.29, 1.82) is 0 Å². The predicted molar refractivity (Wildman–Crippen MR) is 43.0 cm³/mol. The third-order valence-electron chi connectivity index (χ3n) is 1.40. The Morgan fingerprint density at radius 1 is 1.55 bits per heavy atom. The van der Waals surface area contributed by atoms with Crippen LogP contribution in [0.2, 0.25) is 0 Å². The van der Waals surface area contributed by atoms with Crippen LogP contribution in [0, 0.1) is 0 Å². The van der Waals surface area contributed by atoms with Crippen LogP contribution >= 0.6 is 0 Å². The molecular weight excluding hydrogens is 142 g/mol. The van der Waals surface area contributed by atoms with E-state index >= 15 is 0 Å². The first-order chi connectivity index (χ1) is 5.04. The topological polar surface area (TPSA) is 64.1 Å². The standard InChI is InChI=1S/C7H13N3O/c1-7(2,3)5-4-6(9-8)10-11-5/h4H,8H2,1-3H3,(H,9,10). The van der Waals surface area contributed by atoms with Gasteiger partial charge in [-0.05, 0) is 0 Å². The molecule has 0 bridgehead atoms. The lowest BCUT2D eigenvalue weighted by molar-refractivity contribution is 0.330. The molecule has 0 aromatic carbocycles. The zero-order valence-electron chi connectivity index (χ0n) is 7.01. The summed E-state index contributed by atoms with van der Waals surface area (Å²) in [5.41, 5.74) is 2.40. The van der Waals surface area contributed by atoms with Crippen LogP contribution in [-0.2, 0) is 5.41 Å². The third kappa shape index (κ3) is 1.71. The van der Waals surface area contributed by atoms with Crippen LogP contribution in [0.25, 0.3) is 0 Å². The average molecular weight is 155 g/mol. The monoisotopic (exact) mass is 155 g/mol. The first-order valence-corrected chi connectivity index (χ1v) is 3.48. The molecule has 0 aliphatic rings. The van der Waals surface area contributed by atoms with E-state index in [1.54, 1.807) is 6.07 Å². The van der Waals surface area contributed by atoms with E-state index in [4.69, 9.17) is 10.4 Å². The molecule has 0 aliphatic heterocycles. The maximum Gasteiger partial charge on any atom is 0.183 e. The Morgan fingerprint density at radius 2 is 2.18 bits per heavy atom. The molecule has 62 valence electrons. The summed E-state index contributed by atoms with van der Waals surface area (Å²) in [6.07, 6.45) is 0. The minimum atomic E-state index is -0.0118. The molecule has 1 heterocycles. The Hall–Kier alpha value is -1.03.